The van der Waals surface area contributed by atoms with E-state index in [1.54, 1.807) is 6.07 Å². The molecular formula is C32H48F2O3. The van der Waals surface area contributed by atoms with Crippen molar-refractivity contribution < 1.29 is 23.4 Å². The summed E-state index contributed by atoms with van der Waals surface area (Å²) in [5.74, 6) is 0.0837. The van der Waals surface area contributed by atoms with E-state index in [-0.39, 0.29) is 17.7 Å². The van der Waals surface area contributed by atoms with Crippen LogP contribution in [-0.4, -0.2) is 24.3 Å². The van der Waals surface area contributed by atoms with Gasteiger partial charge in [0.05, 0.1) is 6.61 Å². The molecule has 0 saturated heterocycles. The molecule has 1 unspecified atom stereocenters. The Kier molecular flexibility index (Phi) is 12.1. The Hall–Kier alpha value is -1.75. The number of carbonyl (C=O) groups is 1. The van der Waals surface area contributed by atoms with Crippen molar-refractivity contribution in [2.45, 2.75) is 110 Å². The van der Waals surface area contributed by atoms with Gasteiger partial charge in [0.2, 0.25) is 0 Å². The molecule has 3 rings (SSSR count). The molecule has 0 radical (unpaired) electrons. The highest BCUT2D eigenvalue weighted by atomic mass is 19.2. The summed E-state index contributed by atoms with van der Waals surface area (Å²) in [4.78, 5) is 11.6. The molecule has 1 N–H and O–H groups in total. The zero-order chi connectivity index (χ0) is 26.8. The molecule has 2 aliphatic carbocycles. The molecule has 2 saturated carbocycles. The third kappa shape index (κ3) is 8.63. The second-order valence-corrected chi connectivity index (χ2v) is 11.8. The van der Waals surface area contributed by atoms with E-state index in [1.165, 1.54) is 90.0 Å². The molecule has 0 bridgehead atoms. The number of unbranched alkanes of at least 4 members (excludes halogenated alkanes) is 2. The first kappa shape index (κ1) is 29.8. The number of hydrogen-bond acceptors (Lipinski definition) is 3. The standard InChI is InChI=1S/C32H48F2O3/c1-4-5-6-7-23-8-13-25(14-9-23)26-15-10-24(11-16-26)12-17-27-18-19-29(31(34)30(27)33)28(20-35)21-37-32(36)22(2)3/h18-19,23-26,28,35H,2,4-17,20-21H2,1,3H3. The first-order valence-electron chi connectivity index (χ1n) is 14.7. The van der Waals surface area contributed by atoms with E-state index < -0.39 is 30.1 Å². The largest absolute Gasteiger partial charge is 0.462 e. The number of rotatable bonds is 13. The number of aliphatic hydroxyl groups is 1. The number of halogens is 2. The van der Waals surface area contributed by atoms with Gasteiger partial charge in [-0.25, -0.2) is 13.6 Å². The molecule has 1 atom stereocenters. The Morgan fingerprint density at radius 3 is 2.11 bits per heavy atom. The molecule has 2 aliphatic rings. The fraction of sp³-hybridized carbons (Fsp3) is 0.719. The highest BCUT2D eigenvalue weighted by molar-refractivity contribution is 5.86. The average Bonchev–Trinajstić information content (AvgIpc) is 2.91. The van der Waals surface area contributed by atoms with Crippen LogP contribution in [0.1, 0.15) is 114 Å². The molecule has 0 aromatic heterocycles. The summed E-state index contributed by atoms with van der Waals surface area (Å²) >= 11 is 0. The number of aliphatic hydroxyl groups excluding tert-OH is 1. The van der Waals surface area contributed by atoms with E-state index in [9.17, 15) is 18.7 Å². The Labute approximate surface area is 223 Å². The van der Waals surface area contributed by atoms with Crippen molar-refractivity contribution in [3.8, 4) is 0 Å². The lowest BCUT2D eigenvalue weighted by Crippen LogP contribution is -2.26. The van der Waals surface area contributed by atoms with E-state index >= 15 is 0 Å². The van der Waals surface area contributed by atoms with E-state index in [4.69, 9.17) is 4.74 Å². The van der Waals surface area contributed by atoms with Crippen LogP contribution in [0, 0.1) is 35.3 Å². The molecular weight excluding hydrogens is 470 g/mol. The number of aryl methyl sites for hydroxylation is 1. The van der Waals surface area contributed by atoms with Gasteiger partial charge in [-0.1, -0.05) is 77.0 Å². The fourth-order valence-corrected chi connectivity index (χ4v) is 6.59. The van der Waals surface area contributed by atoms with Crippen molar-refractivity contribution in [3.05, 3.63) is 47.0 Å². The number of hydrogen-bond donors (Lipinski definition) is 1. The Bertz CT molecular complexity index is 867. The number of ether oxygens (including phenoxy) is 1. The Morgan fingerprint density at radius 2 is 1.57 bits per heavy atom. The third-order valence-corrected chi connectivity index (χ3v) is 9.10. The molecule has 5 heteroatoms. The molecule has 2 fully saturated rings. The smallest absolute Gasteiger partial charge is 0.333 e. The number of esters is 1. The number of carbonyl (C=O) groups excluding carboxylic acids is 1. The van der Waals surface area contributed by atoms with Crippen LogP contribution in [-0.2, 0) is 16.0 Å². The van der Waals surface area contributed by atoms with E-state index in [0.29, 0.717) is 17.9 Å². The minimum Gasteiger partial charge on any atom is -0.462 e. The van der Waals surface area contributed by atoms with Gasteiger partial charge >= 0.3 is 5.97 Å². The second kappa shape index (κ2) is 15.0. The normalized spacial score (nSPS) is 25.0. The maximum Gasteiger partial charge on any atom is 0.333 e. The van der Waals surface area contributed by atoms with Crippen molar-refractivity contribution in [3.63, 3.8) is 0 Å². The van der Waals surface area contributed by atoms with Crippen molar-refractivity contribution in [2.75, 3.05) is 13.2 Å². The lowest BCUT2D eigenvalue weighted by Gasteiger charge is -2.38. The van der Waals surface area contributed by atoms with Gasteiger partial charge in [-0.2, -0.15) is 0 Å². The lowest BCUT2D eigenvalue weighted by molar-refractivity contribution is -0.139. The zero-order valence-corrected chi connectivity index (χ0v) is 23.1. The average molecular weight is 519 g/mol. The van der Waals surface area contributed by atoms with Gasteiger partial charge in [0, 0.05) is 11.5 Å². The highest BCUT2D eigenvalue weighted by Crippen LogP contribution is 2.43. The number of benzene rings is 1. The van der Waals surface area contributed by atoms with Crippen LogP contribution in [0.2, 0.25) is 0 Å². The third-order valence-electron chi connectivity index (χ3n) is 9.10. The SMILES string of the molecule is C=C(C)C(=O)OCC(CO)c1ccc(CCC2CCC(C3CCC(CCCCC)CC3)CC2)c(F)c1F. The maximum atomic E-state index is 14.9. The quantitative estimate of drug-likeness (QED) is 0.162. The van der Waals surface area contributed by atoms with E-state index in [2.05, 4.69) is 13.5 Å². The van der Waals surface area contributed by atoms with Crippen LogP contribution in [0.15, 0.2) is 24.3 Å². The van der Waals surface area contributed by atoms with Gasteiger partial charge in [0.15, 0.2) is 11.6 Å². The van der Waals surface area contributed by atoms with Crippen molar-refractivity contribution in [1.82, 2.24) is 0 Å². The van der Waals surface area contributed by atoms with Crippen LogP contribution in [0.4, 0.5) is 8.78 Å². The first-order chi connectivity index (χ1) is 17.8. The molecule has 1 aromatic carbocycles. The fourth-order valence-electron chi connectivity index (χ4n) is 6.59. The predicted molar refractivity (Wildman–Crippen MR) is 145 cm³/mol. The molecule has 37 heavy (non-hydrogen) atoms. The summed E-state index contributed by atoms with van der Waals surface area (Å²) in [5.41, 5.74) is 0.650. The van der Waals surface area contributed by atoms with E-state index in [1.807, 2.05) is 0 Å². The predicted octanol–water partition coefficient (Wildman–Crippen LogP) is 8.29. The summed E-state index contributed by atoms with van der Waals surface area (Å²) in [6, 6.07) is 3.15. The molecule has 0 heterocycles. The second-order valence-electron chi connectivity index (χ2n) is 11.8. The molecule has 208 valence electrons. The van der Waals surface area contributed by atoms with Crippen LogP contribution >= 0.6 is 0 Å². The van der Waals surface area contributed by atoms with Gasteiger partial charge in [-0.05, 0) is 80.2 Å². The summed E-state index contributed by atoms with van der Waals surface area (Å²) in [6.07, 6.45) is 17.5. The van der Waals surface area contributed by atoms with Gasteiger partial charge in [-0.15, -0.1) is 0 Å². The molecule has 3 nitrogen and oxygen atoms in total. The maximum absolute atomic E-state index is 14.9. The van der Waals surface area contributed by atoms with Gasteiger partial charge < -0.3 is 9.84 Å². The van der Waals surface area contributed by atoms with Crippen molar-refractivity contribution in [2.24, 2.45) is 23.7 Å². The van der Waals surface area contributed by atoms with Crippen molar-refractivity contribution >= 4 is 5.97 Å². The summed E-state index contributed by atoms with van der Waals surface area (Å²) in [6.45, 7) is 6.63. The molecule has 1 aromatic rings. The Morgan fingerprint density at radius 1 is 0.973 bits per heavy atom. The topological polar surface area (TPSA) is 46.5 Å². The first-order valence-corrected chi connectivity index (χ1v) is 14.7. The van der Waals surface area contributed by atoms with Gasteiger partial charge in [-0.3, -0.25) is 0 Å². The summed E-state index contributed by atoms with van der Waals surface area (Å²) in [7, 11) is 0. The molecule has 0 aliphatic heterocycles. The van der Waals surface area contributed by atoms with Crippen LogP contribution < -0.4 is 0 Å². The van der Waals surface area contributed by atoms with Crippen LogP contribution in [0.5, 0.6) is 0 Å². The minimum absolute atomic E-state index is 0.0406. The molecule has 0 spiro atoms. The lowest BCUT2D eigenvalue weighted by atomic mass is 9.68. The van der Waals surface area contributed by atoms with Gasteiger partial charge in [0.1, 0.15) is 6.61 Å². The molecule has 0 amide bonds. The summed E-state index contributed by atoms with van der Waals surface area (Å²) in [5, 5.41) is 9.66. The van der Waals surface area contributed by atoms with Crippen LogP contribution in [0.25, 0.3) is 0 Å². The van der Waals surface area contributed by atoms with Crippen molar-refractivity contribution in [1.29, 1.82) is 0 Å². The highest BCUT2D eigenvalue weighted by Gasteiger charge is 2.31. The minimum atomic E-state index is -0.947. The summed E-state index contributed by atoms with van der Waals surface area (Å²) < 4.78 is 34.8. The van der Waals surface area contributed by atoms with Gasteiger partial charge in [0.25, 0.3) is 0 Å². The monoisotopic (exact) mass is 518 g/mol. The van der Waals surface area contributed by atoms with Crippen LogP contribution in [0.3, 0.4) is 0 Å². The van der Waals surface area contributed by atoms with E-state index in [0.717, 1.165) is 24.2 Å². The zero-order valence-electron chi connectivity index (χ0n) is 23.1. The Balaban J connectivity index is 1.44.